The maximum absolute atomic E-state index is 10.3. The van der Waals surface area contributed by atoms with Gasteiger partial charge in [0.2, 0.25) is 8.32 Å². The van der Waals surface area contributed by atoms with Crippen LogP contribution in [0.15, 0.2) is 11.5 Å². The van der Waals surface area contributed by atoms with Gasteiger partial charge in [0, 0.05) is 5.57 Å². The van der Waals surface area contributed by atoms with Gasteiger partial charge in [-0.25, -0.2) is 4.79 Å². The summed E-state index contributed by atoms with van der Waals surface area (Å²) in [5.74, 6) is -0.644. The third-order valence-corrected chi connectivity index (χ3v) is 1.93. The first kappa shape index (κ1) is 13.0. The minimum Gasteiger partial charge on any atom is -0.520 e. The molecule has 0 aliphatic rings. The Morgan fingerprint density at radius 2 is 1.79 bits per heavy atom. The van der Waals surface area contributed by atoms with E-state index in [0.29, 0.717) is 5.95 Å². The third-order valence-electron chi connectivity index (χ3n) is 1.13. The van der Waals surface area contributed by atoms with Crippen LogP contribution >= 0.6 is 0 Å². The summed E-state index contributed by atoms with van der Waals surface area (Å²) in [6.07, 6.45) is 0. The maximum Gasteiger partial charge on any atom is 0.341 e. The van der Waals surface area contributed by atoms with E-state index >= 15 is 0 Å². The quantitative estimate of drug-likeness (QED) is 0.567. The Kier molecular flexibility index (Phi) is 4.69. The van der Waals surface area contributed by atoms with Crippen LogP contribution in [-0.4, -0.2) is 26.0 Å². The number of aliphatic carboxylic acids is 1. The monoisotopic (exact) mass is 218 g/mol. The summed E-state index contributed by atoms with van der Waals surface area (Å²) in [5, 5.41) is 8.45. The Bertz CT molecular complexity index is 236. The molecule has 5 heteroatoms. The fraction of sp³-hybridized carbons (Fsp3) is 0.667. The number of hydrogen-bond acceptors (Lipinski definition) is 3. The lowest BCUT2D eigenvalue weighted by atomic mass is 10.4. The van der Waals surface area contributed by atoms with E-state index in [1.165, 1.54) is 0 Å². The standard InChI is InChI=1S/C9H18O4Si/c1-7(2)9(12-6-8(10)11)13-14(3,4)5/h6H2,1-5H3,(H,10,11). The molecule has 0 aromatic rings. The predicted octanol–water partition coefficient (Wildman–Crippen LogP) is 2.19. The average molecular weight is 218 g/mol. The zero-order chi connectivity index (χ0) is 11.4. The van der Waals surface area contributed by atoms with Gasteiger partial charge >= 0.3 is 5.97 Å². The van der Waals surface area contributed by atoms with Crippen molar-refractivity contribution in [3.05, 3.63) is 11.5 Å². The summed E-state index contributed by atoms with van der Waals surface area (Å²) in [5.41, 5.74) is 0.855. The molecule has 0 spiro atoms. The van der Waals surface area contributed by atoms with E-state index in [0.717, 1.165) is 5.57 Å². The zero-order valence-corrected chi connectivity index (χ0v) is 10.4. The van der Waals surface area contributed by atoms with Crippen LogP contribution in [0.3, 0.4) is 0 Å². The SMILES string of the molecule is CC(C)=C(OCC(=O)O)O[Si](C)(C)C. The largest absolute Gasteiger partial charge is 0.520 e. The van der Waals surface area contributed by atoms with Crippen molar-refractivity contribution in [2.24, 2.45) is 0 Å². The summed E-state index contributed by atoms with van der Waals surface area (Å²) < 4.78 is 10.6. The van der Waals surface area contributed by atoms with Gasteiger partial charge in [-0.3, -0.25) is 0 Å². The van der Waals surface area contributed by atoms with E-state index in [-0.39, 0.29) is 6.61 Å². The van der Waals surface area contributed by atoms with Gasteiger partial charge in [0.25, 0.3) is 5.95 Å². The molecule has 0 aliphatic carbocycles. The van der Waals surface area contributed by atoms with Crippen LogP contribution in [0.5, 0.6) is 0 Å². The van der Waals surface area contributed by atoms with Crippen LogP contribution in [0.2, 0.25) is 19.6 Å². The maximum atomic E-state index is 10.3. The molecule has 14 heavy (non-hydrogen) atoms. The molecule has 0 bridgehead atoms. The van der Waals surface area contributed by atoms with Gasteiger partial charge in [0.05, 0.1) is 0 Å². The van der Waals surface area contributed by atoms with E-state index in [1.54, 1.807) is 0 Å². The molecule has 0 unspecified atom stereocenters. The second-order valence-electron chi connectivity index (χ2n) is 4.18. The van der Waals surface area contributed by atoms with Crippen molar-refractivity contribution in [2.45, 2.75) is 33.5 Å². The zero-order valence-electron chi connectivity index (χ0n) is 9.38. The van der Waals surface area contributed by atoms with Crippen molar-refractivity contribution < 1.29 is 19.1 Å². The number of carboxylic acids is 1. The van der Waals surface area contributed by atoms with Crippen LogP contribution in [0.4, 0.5) is 0 Å². The second-order valence-corrected chi connectivity index (χ2v) is 8.61. The molecule has 0 saturated heterocycles. The minimum absolute atomic E-state index is 0.353. The van der Waals surface area contributed by atoms with Gasteiger partial charge in [0.1, 0.15) is 0 Å². The van der Waals surface area contributed by atoms with E-state index < -0.39 is 14.3 Å². The molecule has 0 saturated carbocycles. The van der Waals surface area contributed by atoms with Crippen LogP contribution in [-0.2, 0) is 14.0 Å². The fourth-order valence-electron chi connectivity index (χ4n) is 0.681. The van der Waals surface area contributed by atoms with Gasteiger partial charge in [-0.05, 0) is 33.5 Å². The molecule has 0 fully saturated rings. The number of rotatable bonds is 5. The summed E-state index contributed by atoms with van der Waals surface area (Å²) >= 11 is 0. The second kappa shape index (κ2) is 5.04. The first-order valence-electron chi connectivity index (χ1n) is 4.43. The highest BCUT2D eigenvalue weighted by Gasteiger charge is 2.19. The first-order chi connectivity index (χ1) is 6.22. The molecule has 0 aromatic carbocycles. The normalized spacial score (nSPS) is 10.6. The molecule has 1 N–H and O–H groups in total. The van der Waals surface area contributed by atoms with Crippen molar-refractivity contribution in [3.63, 3.8) is 0 Å². The van der Waals surface area contributed by atoms with Crippen LogP contribution in [0.25, 0.3) is 0 Å². The minimum atomic E-state index is -1.73. The Hall–Kier alpha value is -0.973. The Labute approximate surface area is 85.7 Å². The van der Waals surface area contributed by atoms with Crippen molar-refractivity contribution in [1.82, 2.24) is 0 Å². The molecule has 0 radical (unpaired) electrons. The molecule has 4 nitrogen and oxygen atoms in total. The predicted molar refractivity (Wildman–Crippen MR) is 56.4 cm³/mol. The molecular formula is C9H18O4Si. The first-order valence-corrected chi connectivity index (χ1v) is 7.84. The van der Waals surface area contributed by atoms with Gasteiger partial charge in [-0.1, -0.05) is 0 Å². The smallest absolute Gasteiger partial charge is 0.341 e. The molecule has 0 heterocycles. The Morgan fingerprint density at radius 1 is 1.29 bits per heavy atom. The van der Waals surface area contributed by atoms with E-state index in [4.69, 9.17) is 14.3 Å². The van der Waals surface area contributed by atoms with E-state index in [9.17, 15) is 4.79 Å². The number of allylic oxidation sites excluding steroid dienone is 1. The lowest BCUT2D eigenvalue weighted by Gasteiger charge is -2.22. The van der Waals surface area contributed by atoms with Crippen molar-refractivity contribution in [1.29, 1.82) is 0 Å². The molecule has 0 aromatic heterocycles. The van der Waals surface area contributed by atoms with Crippen molar-refractivity contribution in [3.8, 4) is 0 Å². The Balaban J connectivity index is 4.35. The summed E-state index contributed by atoms with van der Waals surface area (Å²) in [4.78, 5) is 10.3. The lowest BCUT2D eigenvalue weighted by Crippen LogP contribution is -2.26. The molecule has 82 valence electrons. The highest BCUT2D eigenvalue weighted by atomic mass is 28.4. The highest BCUT2D eigenvalue weighted by molar-refractivity contribution is 6.70. The molecule has 0 aliphatic heterocycles. The molecule has 0 atom stereocenters. The summed E-state index contributed by atoms with van der Waals surface area (Å²) in [7, 11) is -1.73. The lowest BCUT2D eigenvalue weighted by molar-refractivity contribution is -0.142. The highest BCUT2D eigenvalue weighted by Crippen LogP contribution is 2.14. The van der Waals surface area contributed by atoms with Crippen molar-refractivity contribution in [2.75, 3.05) is 6.61 Å². The molecule has 0 amide bonds. The van der Waals surface area contributed by atoms with Gasteiger partial charge in [-0.2, -0.15) is 0 Å². The van der Waals surface area contributed by atoms with E-state index in [1.807, 2.05) is 33.5 Å². The van der Waals surface area contributed by atoms with Crippen LogP contribution < -0.4 is 0 Å². The average Bonchev–Trinajstić information content (AvgIpc) is 1.94. The van der Waals surface area contributed by atoms with Gasteiger partial charge in [-0.15, -0.1) is 0 Å². The number of carboxylic acid groups (broad SMARTS) is 1. The molecule has 0 rings (SSSR count). The molecular weight excluding hydrogens is 200 g/mol. The van der Waals surface area contributed by atoms with Crippen LogP contribution in [0, 0.1) is 0 Å². The van der Waals surface area contributed by atoms with Crippen molar-refractivity contribution >= 4 is 14.3 Å². The summed E-state index contributed by atoms with van der Waals surface area (Å²) in [6, 6.07) is 0. The van der Waals surface area contributed by atoms with Gasteiger partial charge < -0.3 is 14.3 Å². The number of carbonyl (C=O) groups is 1. The fourth-order valence-corrected chi connectivity index (χ4v) is 1.50. The Morgan fingerprint density at radius 3 is 2.07 bits per heavy atom. The number of ether oxygens (including phenoxy) is 1. The van der Waals surface area contributed by atoms with Crippen LogP contribution in [0.1, 0.15) is 13.8 Å². The van der Waals surface area contributed by atoms with E-state index in [2.05, 4.69) is 0 Å². The third kappa shape index (κ3) is 6.53. The summed E-state index contributed by atoms with van der Waals surface area (Å²) in [6.45, 7) is 9.35. The number of hydrogen-bond donors (Lipinski definition) is 1. The topological polar surface area (TPSA) is 55.8 Å². The van der Waals surface area contributed by atoms with Gasteiger partial charge in [0.15, 0.2) is 6.61 Å².